The summed E-state index contributed by atoms with van der Waals surface area (Å²) in [6.45, 7) is 1.61. The normalized spacial score (nSPS) is 10.2. The van der Waals surface area contributed by atoms with Crippen LogP contribution in [-0.2, 0) is 4.79 Å². The number of nitrogens with one attached hydrogen (secondary N) is 1. The highest BCUT2D eigenvalue weighted by molar-refractivity contribution is 6.30. The van der Waals surface area contributed by atoms with Gasteiger partial charge in [0.2, 0.25) is 5.91 Å². The van der Waals surface area contributed by atoms with Gasteiger partial charge in [-0.25, -0.2) is 4.98 Å². The Hall–Kier alpha value is -2.80. The summed E-state index contributed by atoms with van der Waals surface area (Å²) in [5.41, 5.74) is 0.807. The summed E-state index contributed by atoms with van der Waals surface area (Å²) in [4.78, 5) is 37.9. The van der Waals surface area contributed by atoms with Crippen molar-refractivity contribution in [2.45, 2.75) is 19.8 Å². The van der Waals surface area contributed by atoms with Crippen molar-refractivity contribution in [1.82, 2.24) is 4.98 Å². The standard InChI is InChI=1S/C16H14ClN3O4/c1-10-8-13(20(23)24)9-18-16(10)19-15(22)7-6-14(21)11-2-4-12(17)5-3-11/h2-5,8-9H,6-7H2,1H3,(H,18,19,22). The van der Waals surface area contributed by atoms with Crippen LogP contribution >= 0.6 is 11.6 Å². The lowest BCUT2D eigenvalue weighted by Gasteiger charge is -2.07. The van der Waals surface area contributed by atoms with Gasteiger partial charge in [-0.2, -0.15) is 0 Å². The van der Waals surface area contributed by atoms with Gasteiger partial charge >= 0.3 is 0 Å². The van der Waals surface area contributed by atoms with Gasteiger partial charge in [0.1, 0.15) is 12.0 Å². The lowest BCUT2D eigenvalue weighted by atomic mass is 10.1. The zero-order chi connectivity index (χ0) is 17.7. The first kappa shape index (κ1) is 17.6. The van der Waals surface area contributed by atoms with E-state index in [4.69, 9.17) is 11.6 Å². The molecule has 0 bridgehead atoms. The highest BCUT2D eigenvalue weighted by Gasteiger charge is 2.13. The number of pyridine rings is 1. The second kappa shape index (κ2) is 7.65. The van der Waals surface area contributed by atoms with E-state index in [-0.39, 0.29) is 36.0 Å². The Balaban J connectivity index is 1.92. The zero-order valence-electron chi connectivity index (χ0n) is 12.8. The number of carbonyl (C=O) groups is 2. The van der Waals surface area contributed by atoms with E-state index in [2.05, 4.69) is 10.3 Å². The van der Waals surface area contributed by atoms with Gasteiger partial charge in [-0.05, 0) is 36.8 Å². The van der Waals surface area contributed by atoms with Crippen LogP contribution in [-0.4, -0.2) is 21.6 Å². The zero-order valence-corrected chi connectivity index (χ0v) is 13.5. The summed E-state index contributed by atoms with van der Waals surface area (Å²) in [5, 5.41) is 13.7. The van der Waals surface area contributed by atoms with Crippen molar-refractivity contribution in [1.29, 1.82) is 0 Å². The van der Waals surface area contributed by atoms with Gasteiger partial charge in [0.05, 0.1) is 4.92 Å². The first-order chi connectivity index (χ1) is 11.4. The molecule has 7 nitrogen and oxygen atoms in total. The van der Waals surface area contributed by atoms with Crippen molar-refractivity contribution < 1.29 is 14.5 Å². The van der Waals surface area contributed by atoms with Crippen LogP contribution < -0.4 is 5.32 Å². The third-order valence-electron chi connectivity index (χ3n) is 3.28. The van der Waals surface area contributed by atoms with Crippen LogP contribution in [0.4, 0.5) is 11.5 Å². The summed E-state index contributed by atoms with van der Waals surface area (Å²) < 4.78 is 0. The molecule has 0 saturated carbocycles. The largest absolute Gasteiger partial charge is 0.310 e. The summed E-state index contributed by atoms with van der Waals surface area (Å²) in [5.74, 6) is -0.318. The molecular formula is C16H14ClN3O4. The molecule has 0 unspecified atom stereocenters. The number of amides is 1. The van der Waals surface area contributed by atoms with Crippen LogP contribution in [0.2, 0.25) is 5.02 Å². The molecule has 0 spiro atoms. The third-order valence-corrected chi connectivity index (χ3v) is 3.53. The van der Waals surface area contributed by atoms with Crippen LogP contribution in [0.5, 0.6) is 0 Å². The predicted molar refractivity (Wildman–Crippen MR) is 89.3 cm³/mol. The van der Waals surface area contributed by atoms with Crippen LogP contribution in [0.3, 0.4) is 0 Å². The topological polar surface area (TPSA) is 102 Å². The van der Waals surface area contributed by atoms with E-state index >= 15 is 0 Å². The van der Waals surface area contributed by atoms with Crippen molar-refractivity contribution in [2.75, 3.05) is 5.32 Å². The summed E-state index contributed by atoms with van der Waals surface area (Å²) in [6.07, 6.45) is 1.10. The van der Waals surface area contributed by atoms with Crippen LogP contribution in [0, 0.1) is 17.0 Å². The van der Waals surface area contributed by atoms with Crippen molar-refractivity contribution in [3.63, 3.8) is 0 Å². The van der Waals surface area contributed by atoms with Crippen molar-refractivity contribution in [3.8, 4) is 0 Å². The van der Waals surface area contributed by atoms with Gasteiger partial charge < -0.3 is 5.32 Å². The van der Waals surface area contributed by atoms with Gasteiger partial charge in [0.15, 0.2) is 5.78 Å². The fourth-order valence-corrected chi connectivity index (χ4v) is 2.12. The number of halogens is 1. The molecular weight excluding hydrogens is 334 g/mol. The Morgan fingerprint density at radius 3 is 2.50 bits per heavy atom. The number of anilines is 1. The van der Waals surface area contributed by atoms with Gasteiger partial charge in [-0.15, -0.1) is 0 Å². The number of hydrogen-bond acceptors (Lipinski definition) is 5. The highest BCUT2D eigenvalue weighted by atomic mass is 35.5. The van der Waals surface area contributed by atoms with Crippen LogP contribution in [0.1, 0.15) is 28.8 Å². The van der Waals surface area contributed by atoms with E-state index in [1.807, 2.05) is 0 Å². The minimum Gasteiger partial charge on any atom is -0.310 e. The van der Waals surface area contributed by atoms with E-state index in [0.29, 0.717) is 16.1 Å². The first-order valence-electron chi connectivity index (χ1n) is 7.06. The Morgan fingerprint density at radius 1 is 1.25 bits per heavy atom. The number of Topliss-reactive ketones (excluding diaryl/α,β-unsaturated/α-hetero) is 1. The van der Waals surface area contributed by atoms with Gasteiger partial charge in [0.25, 0.3) is 5.69 Å². The number of nitrogens with zero attached hydrogens (tertiary/aromatic N) is 2. The molecule has 8 heteroatoms. The van der Waals surface area contributed by atoms with Crippen LogP contribution in [0.15, 0.2) is 36.5 Å². The molecule has 0 saturated heterocycles. The van der Waals surface area contributed by atoms with E-state index in [1.165, 1.54) is 6.07 Å². The molecule has 124 valence electrons. The van der Waals surface area contributed by atoms with Crippen molar-refractivity contribution >= 4 is 34.8 Å². The number of aromatic nitrogens is 1. The molecule has 0 aliphatic carbocycles. The molecule has 2 aromatic rings. The average molecular weight is 348 g/mol. The SMILES string of the molecule is Cc1cc([N+](=O)[O-])cnc1NC(=O)CCC(=O)c1ccc(Cl)cc1. The number of benzene rings is 1. The molecule has 0 fully saturated rings. The van der Waals surface area contributed by atoms with Crippen molar-refractivity contribution in [3.05, 3.63) is 62.8 Å². The monoisotopic (exact) mass is 347 g/mol. The lowest BCUT2D eigenvalue weighted by molar-refractivity contribution is -0.385. The van der Waals surface area contributed by atoms with Crippen molar-refractivity contribution in [2.24, 2.45) is 0 Å². The molecule has 1 heterocycles. The molecule has 2 rings (SSSR count). The quantitative estimate of drug-likeness (QED) is 0.489. The van der Waals surface area contributed by atoms with Gasteiger partial charge in [0, 0.05) is 29.5 Å². The van der Waals surface area contributed by atoms with Gasteiger partial charge in [-0.1, -0.05) is 11.6 Å². The Morgan fingerprint density at radius 2 is 1.92 bits per heavy atom. The fourth-order valence-electron chi connectivity index (χ4n) is 1.99. The number of carbonyl (C=O) groups excluding carboxylic acids is 2. The molecule has 1 N–H and O–H groups in total. The maximum atomic E-state index is 12.0. The molecule has 24 heavy (non-hydrogen) atoms. The minimum absolute atomic E-state index is 0.0143. The minimum atomic E-state index is -0.559. The molecule has 0 aliphatic heterocycles. The number of nitro groups is 1. The maximum Gasteiger partial charge on any atom is 0.287 e. The number of rotatable bonds is 6. The lowest BCUT2D eigenvalue weighted by Crippen LogP contribution is -2.15. The molecule has 0 radical (unpaired) electrons. The second-order valence-corrected chi connectivity index (χ2v) is 5.53. The van der Waals surface area contributed by atoms with E-state index in [0.717, 1.165) is 6.20 Å². The number of ketones is 1. The molecule has 1 amide bonds. The first-order valence-corrected chi connectivity index (χ1v) is 7.44. The predicted octanol–water partition coefficient (Wildman–Crippen LogP) is 3.55. The average Bonchev–Trinajstić information content (AvgIpc) is 2.55. The second-order valence-electron chi connectivity index (χ2n) is 5.09. The summed E-state index contributed by atoms with van der Waals surface area (Å²) >= 11 is 5.76. The Labute approximate surface area is 142 Å². The molecule has 1 aromatic carbocycles. The number of aryl methyl sites for hydroxylation is 1. The Kier molecular flexibility index (Phi) is 5.59. The molecule has 1 aromatic heterocycles. The summed E-state index contributed by atoms with van der Waals surface area (Å²) in [6, 6.07) is 7.74. The maximum absolute atomic E-state index is 12.0. The summed E-state index contributed by atoms with van der Waals surface area (Å²) in [7, 11) is 0. The van der Waals surface area contributed by atoms with E-state index in [9.17, 15) is 19.7 Å². The highest BCUT2D eigenvalue weighted by Crippen LogP contribution is 2.18. The Bertz CT molecular complexity index is 790. The molecule has 0 aliphatic rings. The van der Waals surface area contributed by atoms with E-state index in [1.54, 1.807) is 31.2 Å². The third kappa shape index (κ3) is 4.60. The van der Waals surface area contributed by atoms with E-state index < -0.39 is 4.92 Å². The van der Waals surface area contributed by atoms with Gasteiger partial charge in [-0.3, -0.25) is 19.7 Å². The van der Waals surface area contributed by atoms with Crippen LogP contribution in [0.25, 0.3) is 0 Å². The number of hydrogen-bond donors (Lipinski definition) is 1. The molecule has 0 atom stereocenters. The fraction of sp³-hybridized carbons (Fsp3) is 0.188. The smallest absolute Gasteiger partial charge is 0.287 e.